The molecule has 3 atom stereocenters. The minimum Gasteiger partial charge on any atom is -0.423 e. The average Bonchev–Trinajstić information content (AvgIpc) is 3.21. The zero-order chi connectivity index (χ0) is 16.7. The van der Waals surface area contributed by atoms with Crippen molar-refractivity contribution in [1.29, 1.82) is 0 Å². The monoisotopic (exact) mass is 347 g/mol. The van der Waals surface area contributed by atoms with Gasteiger partial charge in [-0.1, -0.05) is 18.9 Å². The van der Waals surface area contributed by atoms with Gasteiger partial charge in [-0.2, -0.15) is 4.31 Å². The van der Waals surface area contributed by atoms with Gasteiger partial charge in [0.15, 0.2) is 0 Å². The Hall–Kier alpha value is -1.73. The molecule has 0 bridgehead atoms. The summed E-state index contributed by atoms with van der Waals surface area (Å²) in [6, 6.07) is 6.99. The number of aromatic nitrogens is 2. The van der Waals surface area contributed by atoms with Crippen LogP contribution in [-0.2, 0) is 10.0 Å². The Morgan fingerprint density at radius 3 is 2.88 bits per heavy atom. The maximum Gasteiger partial charge on any atom is 0.247 e. The van der Waals surface area contributed by atoms with E-state index in [0.717, 1.165) is 25.7 Å². The number of hydrogen-bond donors (Lipinski definition) is 0. The van der Waals surface area contributed by atoms with E-state index in [1.165, 1.54) is 12.8 Å². The van der Waals surface area contributed by atoms with E-state index in [1.807, 2.05) is 6.92 Å². The van der Waals surface area contributed by atoms with Gasteiger partial charge < -0.3 is 4.42 Å². The summed E-state index contributed by atoms with van der Waals surface area (Å²) in [4.78, 5) is 0.302. The minimum atomic E-state index is -3.53. The Labute approximate surface area is 141 Å². The molecule has 7 heteroatoms. The highest BCUT2D eigenvalue weighted by Gasteiger charge is 2.46. The fraction of sp³-hybridized carbons (Fsp3) is 0.529. The van der Waals surface area contributed by atoms with Crippen molar-refractivity contribution < 1.29 is 12.8 Å². The number of fused-ring (bicyclic) bond motifs is 1. The highest BCUT2D eigenvalue weighted by Crippen LogP contribution is 2.42. The van der Waals surface area contributed by atoms with Crippen LogP contribution in [0.2, 0.25) is 0 Å². The fourth-order valence-electron chi connectivity index (χ4n) is 4.29. The lowest BCUT2D eigenvalue weighted by atomic mass is 9.85. The Morgan fingerprint density at radius 2 is 2.08 bits per heavy atom. The van der Waals surface area contributed by atoms with Gasteiger partial charge in [-0.05, 0) is 50.3 Å². The van der Waals surface area contributed by atoms with Crippen LogP contribution in [0.4, 0.5) is 0 Å². The molecule has 0 radical (unpaired) electrons. The number of benzene rings is 1. The standard InChI is InChI=1S/C17H21N3O3S/c1-12-9-13-5-2-3-8-16(13)20(12)24(21,22)15-7-4-6-14(10-15)17-19-18-11-23-17/h4,6-7,10-13,16H,2-3,5,8-9H2,1H3/t12-,13+,16+/m1/s1. The molecular formula is C17H21N3O3S. The van der Waals surface area contributed by atoms with E-state index in [2.05, 4.69) is 10.2 Å². The number of rotatable bonds is 3. The van der Waals surface area contributed by atoms with Gasteiger partial charge in [-0.3, -0.25) is 0 Å². The lowest BCUT2D eigenvalue weighted by Gasteiger charge is -2.32. The predicted octanol–water partition coefficient (Wildman–Crippen LogP) is 3.08. The lowest BCUT2D eigenvalue weighted by molar-refractivity contribution is 0.248. The molecule has 0 unspecified atom stereocenters. The molecule has 0 spiro atoms. The number of hydrogen-bond acceptors (Lipinski definition) is 5. The highest BCUT2D eigenvalue weighted by molar-refractivity contribution is 7.89. The Bertz CT molecular complexity index is 819. The first-order chi connectivity index (χ1) is 11.6. The fourth-order valence-corrected chi connectivity index (χ4v) is 6.26. The molecule has 0 N–H and O–H groups in total. The van der Waals surface area contributed by atoms with Crippen LogP contribution in [0.15, 0.2) is 40.0 Å². The van der Waals surface area contributed by atoms with Crippen molar-refractivity contribution in [2.75, 3.05) is 0 Å². The van der Waals surface area contributed by atoms with E-state index in [1.54, 1.807) is 28.6 Å². The Balaban J connectivity index is 1.71. The van der Waals surface area contributed by atoms with E-state index in [9.17, 15) is 8.42 Å². The normalized spacial score (nSPS) is 28.0. The van der Waals surface area contributed by atoms with Crippen LogP contribution in [0.3, 0.4) is 0 Å². The van der Waals surface area contributed by atoms with Gasteiger partial charge in [0.2, 0.25) is 22.3 Å². The molecule has 24 heavy (non-hydrogen) atoms. The Morgan fingerprint density at radius 1 is 1.25 bits per heavy atom. The van der Waals surface area contributed by atoms with Crippen LogP contribution >= 0.6 is 0 Å². The lowest BCUT2D eigenvalue weighted by Crippen LogP contribution is -2.42. The zero-order valence-corrected chi connectivity index (χ0v) is 14.4. The summed E-state index contributed by atoms with van der Waals surface area (Å²) in [5, 5.41) is 7.52. The van der Waals surface area contributed by atoms with Gasteiger partial charge in [0.05, 0.1) is 4.90 Å². The second-order valence-electron chi connectivity index (χ2n) is 6.80. The van der Waals surface area contributed by atoms with Crippen molar-refractivity contribution in [2.45, 2.75) is 56.0 Å². The van der Waals surface area contributed by atoms with Crippen molar-refractivity contribution in [1.82, 2.24) is 14.5 Å². The van der Waals surface area contributed by atoms with Crippen LogP contribution < -0.4 is 0 Å². The summed E-state index contributed by atoms with van der Waals surface area (Å²) in [5.41, 5.74) is 0.626. The summed E-state index contributed by atoms with van der Waals surface area (Å²) < 4.78 is 33.5. The SMILES string of the molecule is C[C@@H]1C[C@@H]2CCCC[C@@H]2N1S(=O)(=O)c1cccc(-c2nnco2)c1. The second-order valence-corrected chi connectivity index (χ2v) is 8.65. The van der Waals surface area contributed by atoms with Crippen molar-refractivity contribution in [3.8, 4) is 11.5 Å². The molecule has 2 heterocycles. The van der Waals surface area contributed by atoms with Crippen molar-refractivity contribution in [2.24, 2.45) is 5.92 Å². The maximum absolute atomic E-state index is 13.3. The van der Waals surface area contributed by atoms with Crippen LogP contribution in [0.1, 0.15) is 39.0 Å². The van der Waals surface area contributed by atoms with E-state index in [0.29, 0.717) is 22.3 Å². The number of sulfonamides is 1. The molecule has 1 aliphatic heterocycles. The topological polar surface area (TPSA) is 76.3 Å². The smallest absolute Gasteiger partial charge is 0.247 e. The third kappa shape index (κ3) is 2.56. The van der Waals surface area contributed by atoms with Gasteiger partial charge in [-0.15, -0.1) is 10.2 Å². The molecule has 1 saturated heterocycles. The molecule has 2 aliphatic rings. The summed E-state index contributed by atoms with van der Waals surface area (Å²) in [6.07, 6.45) is 6.65. The third-order valence-corrected chi connectivity index (χ3v) is 7.33. The van der Waals surface area contributed by atoms with E-state index < -0.39 is 10.0 Å². The van der Waals surface area contributed by atoms with Crippen LogP contribution in [-0.4, -0.2) is 35.0 Å². The van der Waals surface area contributed by atoms with Gasteiger partial charge in [0.25, 0.3) is 0 Å². The first-order valence-electron chi connectivity index (χ1n) is 8.47. The largest absolute Gasteiger partial charge is 0.423 e. The Kier molecular flexibility index (Phi) is 3.92. The van der Waals surface area contributed by atoms with Crippen LogP contribution in [0, 0.1) is 5.92 Å². The number of nitrogens with zero attached hydrogens (tertiary/aromatic N) is 3. The van der Waals surface area contributed by atoms with Crippen LogP contribution in [0.5, 0.6) is 0 Å². The molecular weight excluding hydrogens is 326 g/mol. The molecule has 2 aromatic rings. The van der Waals surface area contributed by atoms with Gasteiger partial charge in [0, 0.05) is 17.6 Å². The summed E-state index contributed by atoms with van der Waals surface area (Å²) in [7, 11) is -3.53. The van der Waals surface area contributed by atoms with E-state index in [4.69, 9.17) is 4.42 Å². The third-order valence-electron chi connectivity index (χ3n) is 5.29. The molecule has 128 valence electrons. The maximum atomic E-state index is 13.3. The minimum absolute atomic E-state index is 0.0511. The molecule has 1 saturated carbocycles. The first kappa shape index (κ1) is 15.8. The summed E-state index contributed by atoms with van der Waals surface area (Å²) >= 11 is 0. The van der Waals surface area contributed by atoms with Crippen LogP contribution in [0.25, 0.3) is 11.5 Å². The van der Waals surface area contributed by atoms with Crippen molar-refractivity contribution >= 4 is 10.0 Å². The summed E-state index contributed by atoms with van der Waals surface area (Å²) in [5.74, 6) is 0.833. The van der Waals surface area contributed by atoms with Gasteiger partial charge in [0.1, 0.15) is 0 Å². The summed E-state index contributed by atoms with van der Waals surface area (Å²) in [6.45, 7) is 2.03. The van der Waals surface area contributed by atoms with Gasteiger partial charge >= 0.3 is 0 Å². The van der Waals surface area contributed by atoms with E-state index in [-0.39, 0.29) is 12.1 Å². The predicted molar refractivity (Wildman–Crippen MR) is 88.6 cm³/mol. The van der Waals surface area contributed by atoms with Crippen molar-refractivity contribution in [3.05, 3.63) is 30.7 Å². The quantitative estimate of drug-likeness (QED) is 0.853. The zero-order valence-electron chi connectivity index (χ0n) is 13.6. The molecule has 2 fully saturated rings. The highest BCUT2D eigenvalue weighted by atomic mass is 32.2. The molecule has 1 aromatic carbocycles. The van der Waals surface area contributed by atoms with Gasteiger partial charge in [-0.25, -0.2) is 8.42 Å². The molecule has 6 nitrogen and oxygen atoms in total. The van der Waals surface area contributed by atoms with Crippen molar-refractivity contribution in [3.63, 3.8) is 0 Å². The molecule has 1 aromatic heterocycles. The molecule has 4 rings (SSSR count). The second kappa shape index (κ2) is 5.97. The van der Waals surface area contributed by atoms with E-state index >= 15 is 0 Å². The molecule has 0 amide bonds. The molecule has 1 aliphatic carbocycles. The first-order valence-corrected chi connectivity index (χ1v) is 9.91. The average molecular weight is 347 g/mol.